The predicted molar refractivity (Wildman–Crippen MR) is 70.3 cm³/mol. The highest BCUT2D eigenvalue weighted by atomic mass is 16.6. The Bertz CT molecular complexity index is 257. The molecule has 0 amide bonds. The summed E-state index contributed by atoms with van der Waals surface area (Å²) in [6, 6.07) is -0.823. The van der Waals surface area contributed by atoms with E-state index in [9.17, 15) is 9.59 Å². The molecule has 1 N–H and O–H groups in total. The summed E-state index contributed by atoms with van der Waals surface area (Å²) >= 11 is 0. The Morgan fingerprint density at radius 2 is 1.63 bits per heavy atom. The van der Waals surface area contributed by atoms with Gasteiger partial charge in [-0.25, -0.2) is 0 Å². The zero-order valence-electron chi connectivity index (χ0n) is 12.1. The van der Waals surface area contributed by atoms with E-state index in [1.165, 1.54) is 7.11 Å². The molecule has 0 aromatic carbocycles. The van der Waals surface area contributed by atoms with Gasteiger partial charge in [0.1, 0.15) is 6.04 Å². The summed E-state index contributed by atoms with van der Waals surface area (Å²) in [5.74, 6) is -0.932. The molecule has 6 heteroatoms. The number of carbonyl (C=O) groups is 2. The van der Waals surface area contributed by atoms with E-state index in [1.807, 2.05) is 13.8 Å². The fourth-order valence-electron chi connectivity index (χ4n) is 1.29. The fourth-order valence-corrected chi connectivity index (χ4v) is 1.29. The van der Waals surface area contributed by atoms with Gasteiger partial charge in [0, 0.05) is 0 Å². The molecule has 0 aromatic heterocycles. The molecule has 0 aliphatic carbocycles. The predicted octanol–water partition coefficient (Wildman–Crippen LogP) is 1.58. The lowest BCUT2D eigenvalue weighted by Crippen LogP contribution is -2.39. The highest BCUT2D eigenvalue weighted by Gasteiger charge is 2.24. The number of ether oxygens (including phenoxy) is 2. The van der Waals surface area contributed by atoms with Crippen molar-refractivity contribution in [3.05, 3.63) is 0 Å². The molecule has 0 fully saturated rings. The van der Waals surface area contributed by atoms with Crippen molar-refractivity contribution >= 4 is 11.9 Å². The lowest BCUT2D eigenvalue weighted by Gasteiger charge is -2.15. The lowest BCUT2D eigenvalue weighted by molar-refractivity contribution is -0.156. The summed E-state index contributed by atoms with van der Waals surface area (Å²) in [6.45, 7) is 4.74. The molecule has 0 heterocycles. The van der Waals surface area contributed by atoms with Crippen molar-refractivity contribution < 1.29 is 23.9 Å². The van der Waals surface area contributed by atoms with Crippen molar-refractivity contribution in [3.63, 3.8) is 0 Å². The first-order valence-corrected chi connectivity index (χ1v) is 6.76. The zero-order valence-corrected chi connectivity index (χ0v) is 12.1. The number of hydrogen-bond donors (Lipinski definition) is 1. The maximum atomic E-state index is 11.7. The number of carbonyl (C=O) groups excluding carboxylic acids is 2. The van der Waals surface area contributed by atoms with Crippen LogP contribution in [0, 0.1) is 0 Å². The van der Waals surface area contributed by atoms with Crippen LogP contribution < -0.4 is 5.48 Å². The van der Waals surface area contributed by atoms with E-state index in [2.05, 4.69) is 5.48 Å². The second-order valence-electron chi connectivity index (χ2n) is 4.17. The average Bonchev–Trinajstić information content (AvgIpc) is 2.38. The van der Waals surface area contributed by atoms with Gasteiger partial charge >= 0.3 is 11.9 Å². The number of esters is 2. The second-order valence-corrected chi connectivity index (χ2v) is 4.17. The molecular formula is C13H25NO5. The van der Waals surface area contributed by atoms with Crippen molar-refractivity contribution in [1.29, 1.82) is 0 Å². The van der Waals surface area contributed by atoms with Gasteiger partial charge in [0.2, 0.25) is 0 Å². The summed E-state index contributed by atoms with van der Waals surface area (Å²) in [7, 11) is 1.38. The molecule has 0 aliphatic rings. The van der Waals surface area contributed by atoms with Gasteiger partial charge in [-0.15, -0.1) is 0 Å². The van der Waals surface area contributed by atoms with Crippen LogP contribution in [-0.2, 0) is 23.9 Å². The van der Waals surface area contributed by atoms with Crippen LogP contribution in [0.25, 0.3) is 0 Å². The van der Waals surface area contributed by atoms with Crippen LogP contribution in [0.2, 0.25) is 0 Å². The largest absolute Gasteiger partial charge is 0.466 e. The van der Waals surface area contributed by atoms with Crippen LogP contribution >= 0.6 is 0 Å². The number of hydrogen-bond acceptors (Lipinski definition) is 6. The second kappa shape index (κ2) is 11.9. The molecule has 0 aliphatic heterocycles. The molecule has 1 atom stereocenters. The smallest absolute Gasteiger partial charge is 0.326 e. The van der Waals surface area contributed by atoms with Crippen LogP contribution in [0.5, 0.6) is 0 Å². The van der Waals surface area contributed by atoms with Crippen LogP contribution in [0.3, 0.4) is 0 Å². The maximum Gasteiger partial charge on any atom is 0.326 e. The van der Waals surface area contributed by atoms with Crippen LogP contribution in [-0.4, -0.2) is 38.3 Å². The molecule has 6 nitrogen and oxygen atoms in total. The minimum absolute atomic E-state index is 0.0947. The van der Waals surface area contributed by atoms with Crippen LogP contribution in [0.15, 0.2) is 0 Å². The minimum atomic E-state index is -0.823. The Hall–Kier alpha value is -1.14. The van der Waals surface area contributed by atoms with Gasteiger partial charge in [0.15, 0.2) is 0 Å². The van der Waals surface area contributed by atoms with Crippen LogP contribution in [0.4, 0.5) is 0 Å². The maximum absolute atomic E-state index is 11.7. The van der Waals surface area contributed by atoms with Crippen molar-refractivity contribution in [2.45, 2.75) is 52.0 Å². The quantitative estimate of drug-likeness (QED) is 0.350. The molecule has 0 saturated heterocycles. The number of hydroxylamine groups is 1. The molecule has 0 rings (SSSR count). The van der Waals surface area contributed by atoms with Gasteiger partial charge in [-0.3, -0.25) is 9.59 Å². The lowest BCUT2D eigenvalue weighted by atomic mass is 10.2. The van der Waals surface area contributed by atoms with Gasteiger partial charge in [-0.05, 0) is 12.8 Å². The molecule has 19 heavy (non-hydrogen) atoms. The standard InChI is InChI=1S/C13H25NO5/c1-4-6-8-18-12(15)10-11(14-17-3)13(16)19-9-7-5-2/h11,14H,4-10H2,1-3H3/t11-/m0/s1. The third-order valence-electron chi connectivity index (χ3n) is 2.42. The van der Waals surface area contributed by atoms with Gasteiger partial charge in [-0.2, -0.15) is 5.48 Å². The third kappa shape index (κ3) is 9.44. The highest BCUT2D eigenvalue weighted by Crippen LogP contribution is 2.01. The molecule has 0 unspecified atom stereocenters. The molecule has 0 radical (unpaired) electrons. The van der Waals surface area contributed by atoms with Gasteiger partial charge < -0.3 is 14.3 Å². The fraction of sp³-hybridized carbons (Fsp3) is 0.846. The molecule has 112 valence electrons. The SMILES string of the molecule is CCCCOC(=O)C[C@H](NOC)C(=O)OCCCC. The third-order valence-corrected chi connectivity index (χ3v) is 2.42. The van der Waals surface area contributed by atoms with E-state index in [4.69, 9.17) is 14.3 Å². The number of rotatable bonds is 11. The normalized spacial score (nSPS) is 11.9. The molecule has 0 saturated carbocycles. The Balaban J connectivity index is 4.08. The van der Waals surface area contributed by atoms with Crippen molar-refractivity contribution in [3.8, 4) is 0 Å². The van der Waals surface area contributed by atoms with Crippen molar-refractivity contribution in [1.82, 2.24) is 5.48 Å². The van der Waals surface area contributed by atoms with Gasteiger partial charge in [-0.1, -0.05) is 26.7 Å². The minimum Gasteiger partial charge on any atom is -0.466 e. The Kier molecular flexibility index (Phi) is 11.2. The summed E-state index contributed by atoms with van der Waals surface area (Å²) in [6.07, 6.45) is 3.41. The van der Waals surface area contributed by atoms with E-state index >= 15 is 0 Å². The van der Waals surface area contributed by atoms with Gasteiger partial charge in [0.25, 0.3) is 0 Å². The molecular weight excluding hydrogens is 250 g/mol. The Morgan fingerprint density at radius 1 is 1.05 bits per heavy atom. The first-order chi connectivity index (χ1) is 9.15. The van der Waals surface area contributed by atoms with Crippen LogP contribution in [0.1, 0.15) is 46.0 Å². The van der Waals surface area contributed by atoms with Gasteiger partial charge in [0.05, 0.1) is 26.7 Å². The summed E-state index contributed by atoms with van der Waals surface area (Å²) < 4.78 is 10.0. The number of nitrogens with one attached hydrogen (secondary N) is 1. The van der Waals surface area contributed by atoms with E-state index in [0.717, 1.165) is 25.7 Å². The Morgan fingerprint density at radius 3 is 2.16 bits per heavy atom. The average molecular weight is 275 g/mol. The summed E-state index contributed by atoms with van der Waals surface area (Å²) in [5.41, 5.74) is 2.46. The molecule has 0 bridgehead atoms. The summed E-state index contributed by atoms with van der Waals surface area (Å²) in [4.78, 5) is 27.9. The van der Waals surface area contributed by atoms with Crippen molar-refractivity contribution in [2.75, 3.05) is 20.3 Å². The van der Waals surface area contributed by atoms with E-state index in [0.29, 0.717) is 13.2 Å². The zero-order chi connectivity index (χ0) is 14.5. The topological polar surface area (TPSA) is 73.9 Å². The Labute approximate surface area is 114 Å². The first-order valence-electron chi connectivity index (χ1n) is 6.76. The monoisotopic (exact) mass is 275 g/mol. The van der Waals surface area contributed by atoms with Crippen molar-refractivity contribution in [2.24, 2.45) is 0 Å². The van der Waals surface area contributed by atoms with E-state index < -0.39 is 18.0 Å². The molecule has 0 aromatic rings. The highest BCUT2D eigenvalue weighted by molar-refractivity contribution is 5.82. The van der Waals surface area contributed by atoms with E-state index in [1.54, 1.807) is 0 Å². The molecule has 0 spiro atoms. The summed E-state index contributed by atoms with van der Waals surface area (Å²) in [5, 5.41) is 0. The van der Waals surface area contributed by atoms with E-state index in [-0.39, 0.29) is 6.42 Å². The number of unbranched alkanes of at least 4 members (excludes halogenated alkanes) is 2. The first kappa shape index (κ1) is 17.9.